The van der Waals surface area contributed by atoms with Gasteiger partial charge >= 0.3 is 0 Å². The number of thiophene rings is 1. The summed E-state index contributed by atoms with van der Waals surface area (Å²) in [6.07, 6.45) is 19.6. The molecule has 1 aromatic heterocycles. The van der Waals surface area contributed by atoms with Crippen LogP contribution in [-0.4, -0.2) is 0 Å². The normalized spacial score (nSPS) is 18.5. The highest BCUT2D eigenvalue weighted by Gasteiger charge is 2.38. The molecule has 0 N–H and O–H groups in total. The number of hydrogen-bond acceptors (Lipinski definition) is 1. The highest BCUT2D eigenvalue weighted by Crippen LogP contribution is 2.55. The van der Waals surface area contributed by atoms with Gasteiger partial charge in [0.2, 0.25) is 0 Å². The Bertz CT molecular complexity index is 3140. The summed E-state index contributed by atoms with van der Waals surface area (Å²) in [5.74, 6) is 1.66. The molecule has 316 valence electrons. The summed E-state index contributed by atoms with van der Waals surface area (Å²) in [7, 11) is 0. The minimum absolute atomic E-state index is 0.0326. The van der Waals surface area contributed by atoms with E-state index in [1.807, 2.05) is 11.3 Å². The fourth-order valence-electron chi connectivity index (χ4n) is 11.8. The Kier molecular flexibility index (Phi) is 10.1. The Morgan fingerprint density at radius 1 is 0.538 bits per heavy atom. The van der Waals surface area contributed by atoms with Crippen molar-refractivity contribution in [3.63, 3.8) is 0 Å². The monoisotopic (exact) mass is 854 g/mol. The van der Waals surface area contributed by atoms with Crippen molar-refractivity contribution in [1.29, 1.82) is 0 Å². The van der Waals surface area contributed by atoms with Gasteiger partial charge in [-0.05, 0) is 139 Å². The van der Waals surface area contributed by atoms with Crippen molar-refractivity contribution < 1.29 is 0 Å². The minimum atomic E-state index is -0.0326. The molecular weight excluding hydrogens is 801 g/mol. The molecule has 0 spiro atoms. The Morgan fingerprint density at radius 2 is 1.20 bits per heavy atom. The van der Waals surface area contributed by atoms with E-state index in [4.69, 9.17) is 0 Å². The van der Waals surface area contributed by atoms with Gasteiger partial charge in [-0.1, -0.05) is 208 Å². The molecule has 65 heavy (non-hydrogen) atoms. The van der Waals surface area contributed by atoms with Crippen LogP contribution >= 0.6 is 11.3 Å². The number of hydrogen-bond donors (Lipinski definition) is 0. The SMILES string of the molecule is CC1(C)c2ccccc2-c2ccc(C(CCc3ccc(-c4ccc5c(c4)-c4sc6c(c4C(CCc4ccccc4)C5)C4C=CC=CC4C=C6)cc3)c3ccc(-c4ccccc4)cc3)cc21. The van der Waals surface area contributed by atoms with Crippen molar-refractivity contribution >= 4 is 17.4 Å². The average molecular weight is 855 g/mol. The van der Waals surface area contributed by atoms with Crippen molar-refractivity contribution in [2.75, 3.05) is 0 Å². The van der Waals surface area contributed by atoms with E-state index < -0.39 is 0 Å². The first-order valence-electron chi connectivity index (χ1n) is 23.8. The molecule has 0 radical (unpaired) electrons. The third kappa shape index (κ3) is 7.22. The molecule has 7 aromatic carbocycles. The molecule has 0 amide bonds. The van der Waals surface area contributed by atoms with Gasteiger partial charge < -0.3 is 0 Å². The van der Waals surface area contributed by atoms with Gasteiger partial charge in [0.05, 0.1) is 0 Å². The van der Waals surface area contributed by atoms with E-state index in [1.54, 1.807) is 11.1 Å². The highest BCUT2D eigenvalue weighted by atomic mass is 32.1. The molecule has 4 aliphatic rings. The van der Waals surface area contributed by atoms with Gasteiger partial charge in [0.15, 0.2) is 0 Å². The van der Waals surface area contributed by atoms with Crippen LogP contribution in [0.2, 0.25) is 0 Å². The zero-order valence-corrected chi connectivity index (χ0v) is 38.2. The molecule has 4 unspecified atom stereocenters. The first-order chi connectivity index (χ1) is 32.0. The molecule has 1 heterocycles. The maximum Gasteiger partial charge on any atom is 0.0390 e. The standard InChI is InChI=1S/C64H54S/c1-64(2)58-20-12-11-19-55(58)56-37-34-51(41-59(56)64)53(48-30-28-45(29-31-48)44-15-7-4-8-16-44)36-24-43-21-25-46(26-22-43)49-32-33-50-39-52(27-23-42-13-5-3-6-14-42)61-62-54-18-10-9-17-47(54)35-38-60(62)65-63(61)57(50)40-49/h3-22,25-26,28-35,37-38,40-41,47,52-54H,23-24,27,36,39H2,1-2H3. The number of fused-ring (bicyclic) bond motifs is 10. The zero-order chi connectivity index (χ0) is 43.5. The van der Waals surface area contributed by atoms with E-state index >= 15 is 0 Å². The molecule has 8 aromatic rings. The largest absolute Gasteiger partial charge is 0.135 e. The van der Waals surface area contributed by atoms with Crippen LogP contribution in [0.25, 0.3) is 49.9 Å². The van der Waals surface area contributed by atoms with Gasteiger partial charge in [0.1, 0.15) is 0 Å². The van der Waals surface area contributed by atoms with Gasteiger partial charge in [-0.25, -0.2) is 0 Å². The number of rotatable bonds is 10. The van der Waals surface area contributed by atoms with E-state index in [1.165, 1.54) is 94.1 Å². The first-order valence-corrected chi connectivity index (χ1v) is 24.6. The lowest BCUT2D eigenvalue weighted by molar-refractivity contribution is 0.597. The molecule has 12 rings (SSSR count). The fraction of sp³-hybridized carbons (Fsp3) is 0.188. The molecule has 0 nitrogen and oxygen atoms in total. The highest BCUT2D eigenvalue weighted by molar-refractivity contribution is 7.16. The molecular formula is C64H54S. The van der Waals surface area contributed by atoms with Crippen molar-refractivity contribution in [1.82, 2.24) is 0 Å². The predicted molar refractivity (Wildman–Crippen MR) is 276 cm³/mol. The molecule has 0 aliphatic heterocycles. The van der Waals surface area contributed by atoms with Crippen LogP contribution < -0.4 is 0 Å². The summed E-state index contributed by atoms with van der Waals surface area (Å²) in [4.78, 5) is 2.96. The smallest absolute Gasteiger partial charge is 0.0390 e. The summed E-state index contributed by atoms with van der Waals surface area (Å²) in [6, 6.07) is 64.4. The van der Waals surface area contributed by atoms with Gasteiger partial charge in [-0.15, -0.1) is 11.3 Å². The second kappa shape index (κ2) is 16.5. The Morgan fingerprint density at radius 3 is 2.03 bits per heavy atom. The maximum atomic E-state index is 2.53. The summed E-state index contributed by atoms with van der Waals surface area (Å²) >= 11 is 2.03. The van der Waals surface area contributed by atoms with Crippen LogP contribution in [0.15, 0.2) is 200 Å². The summed E-state index contributed by atoms with van der Waals surface area (Å²) < 4.78 is 0. The van der Waals surface area contributed by atoms with Crippen molar-refractivity contribution in [3.05, 3.63) is 255 Å². The third-order valence-corrected chi connectivity index (χ3v) is 16.5. The molecule has 4 aliphatic carbocycles. The van der Waals surface area contributed by atoms with Crippen molar-refractivity contribution in [3.8, 4) is 43.8 Å². The van der Waals surface area contributed by atoms with E-state index in [0.29, 0.717) is 17.8 Å². The van der Waals surface area contributed by atoms with Crippen LogP contribution in [0.4, 0.5) is 0 Å². The maximum absolute atomic E-state index is 2.53. The predicted octanol–water partition coefficient (Wildman–Crippen LogP) is 16.9. The van der Waals surface area contributed by atoms with Gasteiger partial charge in [0, 0.05) is 32.9 Å². The fourth-order valence-corrected chi connectivity index (χ4v) is 13.2. The van der Waals surface area contributed by atoms with Crippen LogP contribution in [0.1, 0.15) is 99.4 Å². The Labute approximate surface area is 389 Å². The van der Waals surface area contributed by atoms with E-state index in [9.17, 15) is 0 Å². The minimum Gasteiger partial charge on any atom is -0.135 e. The second-order valence-corrected chi connectivity index (χ2v) is 20.5. The number of allylic oxidation sites excluding steroid dienone is 5. The third-order valence-electron chi connectivity index (χ3n) is 15.3. The van der Waals surface area contributed by atoms with Crippen LogP contribution in [0, 0.1) is 5.92 Å². The lowest BCUT2D eigenvalue weighted by atomic mass is 9.71. The van der Waals surface area contributed by atoms with Gasteiger partial charge in [-0.2, -0.15) is 0 Å². The van der Waals surface area contributed by atoms with Crippen molar-refractivity contribution in [2.24, 2.45) is 5.92 Å². The van der Waals surface area contributed by atoms with E-state index in [-0.39, 0.29) is 11.3 Å². The molecule has 0 saturated heterocycles. The molecule has 1 heteroatoms. The van der Waals surface area contributed by atoms with Crippen molar-refractivity contribution in [2.45, 2.75) is 69.1 Å². The van der Waals surface area contributed by atoms with Gasteiger partial charge in [0.25, 0.3) is 0 Å². The lowest BCUT2D eigenvalue weighted by Gasteiger charge is -2.32. The van der Waals surface area contributed by atoms with E-state index in [0.717, 1.165) is 25.7 Å². The van der Waals surface area contributed by atoms with Crippen LogP contribution in [-0.2, 0) is 24.7 Å². The zero-order valence-electron chi connectivity index (χ0n) is 37.4. The lowest BCUT2D eigenvalue weighted by Crippen LogP contribution is -2.18. The summed E-state index contributed by atoms with van der Waals surface area (Å²) in [5.41, 5.74) is 22.5. The van der Waals surface area contributed by atoms with Crippen LogP contribution in [0.5, 0.6) is 0 Å². The second-order valence-electron chi connectivity index (χ2n) is 19.4. The summed E-state index contributed by atoms with van der Waals surface area (Å²) in [6.45, 7) is 4.79. The van der Waals surface area contributed by atoms with E-state index in [2.05, 4.69) is 220 Å². The molecule has 0 saturated carbocycles. The molecule has 0 bridgehead atoms. The van der Waals surface area contributed by atoms with Gasteiger partial charge in [-0.3, -0.25) is 0 Å². The Balaban J connectivity index is 0.836. The summed E-state index contributed by atoms with van der Waals surface area (Å²) in [5, 5.41) is 0. The first kappa shape index (κ1) is 40.0. The average Bonchev–Trinajstić information content (AvgIpc) is 3.87. The molecule has 4 atom stereocenters. The van der Waals surface area contributed by atoms with Crippen LogP contribution in [0.3, 0.4) is 0 Å². The number of benzene rings is 7. The number of aryl methyl sites for hydroxylation is 2. The Hall–Kier alpha value is -6.54. The molecule has 0 fully saturated rings. The topological polar surface area (TPSA) is 0 Å². The quantitative estimate of drug-likeness (QED) is 0.129.